The Morgan fingerprint density at radius 3 is 2.24 bits per heavy atom. The number of rotatable bonds is 3. The Bertz CT molecular complexity index is 497. The van der Waals surface area contributed by atoms with Crippen LogP contribution in [0.1, 0.15) is 0 Å². The van der Waals surface area contributed by atoms with Gasteiger partial charge in [0.05, 0.1) is 0 Å². The molecule has 2 aromatic carbocycles. The normalized spacial score (nSPS) is 10.1. The SMILES string of the molecule is CB(C)c1ccc(Oc2ccccc2)cc1F. The summed E-state index contributed by atoms with van der Waals surface area (Å²) < 4.78 is 19.3. The van der Waals surface area contributed by atoms with Crippen LogP contribution in [0.15, 0.2) is 48.5 Å². The smallest absolute Gasteiger partial charge is 0.173 e. The molecule has 0 radical (unpaired) electrons. The highest BCUT2D eigenvalue weighted by molar-refractivity contribution is 6.70. The highest BCUT2D eigenvalue weighted by Crippen LogP contribution is 2.20. The molecular weight excluding hydrogens is 214 g/mol. The van der Waals surface area contributed by atoms with Crippen molar-refractivity contribution < 1.29 is 9.13 Å². The quantitative estimate of drug-likeness (QED) is 0.729. The van der Waals surface area contributed by atoms with Crippen molar-refractivity contribution in [3.8, 4) is 11.5 Å². The minimum absolute atomic E-state index is 0.181. The molecule has 2 aromatic rings. The summed E-state index contributed by atoms with van der Waals surface area (Å²) in [5.41, 5.74) is 0.713. The number of hydrogen-bond acceptors (Lipinski definition) is 1. The van der Waals surface area contributed by atoms with Gasteiger partial charge in [-0.25, -0.2) is 4.39 Å². The maximum atomic E-state index is 13.7. The van der Waals surface area contributed by atoms with Crippen molar-refractivity contribution in [2.45, 2.75) is 13.6 Å². The molecule has 1 nitrogen and oxygen atoms in total. The molecule has 0 saturated heterocycles. The summed E-state index contributed by atoms with van der Waals surface area (Å²) in [6.45, 7) is 4.12. The summed E-state index contributed by atoms with van der Waals surface area (Å²) in [6.07, 6.45) is 0. The zero-order chi connectivity index (χ0) is 12.3. The van der Waals surface area contributed by atoms with E-state index < -0.39 is 0 Å². The summed E-state index contributed by atoms with van der Waals surface area (Å²) in [5.74, 6) is 1.02. The Balaban J connectivity index is 2.21. The second-order valence-electron chi connectivity index (χ2n) is 4.25. The van der Waals surface area contributed by atoms with Gasteiger partial charge in [0.2, 0.25) is 0 Å². The van der Waals surface area contributed by atoms with Crippen LogP contribution in [0, 0.1) is 5.82 Å². The van der Waals surface area contributed by atoms with E-state index >= 15 is 0 Å². The van der Waals surface area contributed by atoms with Crippen molar-refractivity contribution in [2.24, 2.45) is 0 Å². The van der Waals surface area contributed by atoms with E-state index in [4.69, 9.17) is 4.74 Å². The van der Waals surface area contributed by atoms with Crippen LogP contribution in [0.5, 0.6) is 11.5 Å². The van der Waals surface area contributed by atoms with E-state index in [2.05, 4.69) is 0 Å². The van der Waals surface area contributed by atoms with Crippen LogP contribution >= 0.6 is 0 Å². The van der Waals surface area contributed by atoms with Gasteiger partial charge in [0.25, 0.3) is 0 Å². The Morgan fingerprint density at radius 2 is 1.65 bits per heavy atom. The second kappa shape index (κ2) is 5.04. The molecular formula is C14H14BFO. The van der Waals surface area contributed by atoms with Crippen molar-refractivity contribution in [3.05, 3.63) is 54.3 Å². The van der Waals surface area contributed by atoms with Gasteiger partial charge >= 0.3 is 0 Å². The summed E-state index contributed by atoms with van der Waals surface area (Å²) in [7, 11) is 0. The first-order chi connectivity index (χ1) is 8.16. The molecule has 0 atom stereocenters. The minimum Gasteiger partial charge on any atom is -0.457 e. The van der Waals surface area contributed by atoms with Gasteiger partial charge in [-0.05, 0) is 23.7 Å². The van der Waals surface area contributed by atoms with E-state index in [1.807, 2.05) is 44.0 Å². The van der Waals surface area contributed by atoms with Crippen LogP contribution in [-0.4, -0.2) is 6.71 Å². The van der Waals surface area contributed by atoms with Crippen LogP contribution < -0.4 is 10.2 Å². The number of benzene rings is 2. The minimum atomic E-state index is -0.214. The lowest BCUT2D eigenvalue weighted by atomic mass is 9.49. The topological polar surface area (TPSA) is 9.23 Å². The third-order valence-corrected chi connectivity index (χ3v) is 2.57. The lowest BCUT2D eigenvalue weighted by Gasteiger charge is -2.08. The third kappa shape index (κ3) is 2.87. The Kier molecular flexibility index (Phi) is 3.47. The highest BCUT2D eigenvalue weighted by Gasteiger charge is 2.10. The lowest BCUT2D eigenvalue weighted by Crippen LogP contribution is -2.25. The molecule has 0 saturated carbocycles. The number of halogens is 1. The Morgan fingerprint density at radius 1 is 0.941 bits per heavy atom. The van der Waals surface area contributed by atoms with Crippen molar-refractivity contribution in [3.63, 3.8) is 0 Å². The fourth-order valence-electron chi connectivity index (χ4n) is 1.66. The van der Waals surface area contributed by atoms with Gasteiger partial charge in [0.1, 0.15) is 17.3 Å². The predicted molar refractivity (Wildman–Crippen MR) is 70.0 cm³/mol. The van der Waals surface area contributed by atoms with Crippen LogP contribution in [0.2, 0.25) is 13.6 Å². The van der Waals surface area contributed by atoms with Gasteiger partial charge in [-0.3, -0.25) is 0 Å². The molecule has 0 amide bonds. The van der Waals surface area contributed by atoms with Crippen LogP contribution in [0.3, 0.4) is 0 Å². The molecule has 0 bridgehead atoms. The van der Waals surface area contributed by atoms with Crippen LogP contribution in [-0.2, 0) is 0 Å². The first kappa shape index (κ1) is 11.7. The number of para-hydroxylation sites is 1. The molecule has 0 aromatic heterocycles. The highest BCUT2D eigenvalue weighted by atomic mass is 19.1. The molecule has 0 spiro atoms. The predicted octanol–water partition coefficient (Wildman–Crippen LogP) is 3.58. The molecule has 0 fully saturated rings. The summed E-state index contributed by atoms with van der Waals surface area (Å²) in [5, 5.41) is 0. The zero-order valence-electron chi connectivity index (χ0n) is 9.98. The van der Waals surface area contributed by atoms with E-state index in [1.165, 1.54) is 6.07 Å². The Labute approximate surface area is 101 Å². The fraction of sp³-hybridized carbons (Fsp3) is 0.143. The molecule has 17 heavy (non-hydrogen) atoms. The van der Waals surface area contributed by atoms with E-state index in [9.17, 15) is 4.39 Å². The maximum Gasteiger partial charge on any atom is 0.173 e. The summed E-state index contributed by atoms with van der Waals surface area (Å²) in [4.78, 5) is 0. The lowest BCUT2D eigenvalue weighted by molar-refractivity contribution is 0.477. The molecule has 0 unspecified atom stereocenters. The van der Waals surface area contributed by atoms with Gasteiger partial charge in [0.15, 0.2) is 6.71 Å². The largest absolute Gasteiger partial charge is 0.457 e. The molecule has 2 rings (SSSR count). The summed E-state index contributed by atoms with van der Waals surface area (Å²) in [6, 6.07) is 14.4. The van der Waals surface area contributed by atoms with Gasteiger partial charge in [-0.1, -0.05) is 37.9 Å². The van der Waals surface area contributed by atoms with E-state index in [0.717, 1.165) is 0 Å². The van der Waals surface area contributed by atoms with Crippen molar-refractivity contribution in [2.75, 3.05) is 0 Å². The monoisotopic (exact) mass is 228 g/mol. The van der Waals surface area contributed by atoms with Gasteiger partial charge in [-0.2, -0.15) is 0 Å². The van der Waals surface area contributed by atoms with Gasteiger partial charge < -0.3 is 4.74 Å². The molecule has 86 valence electrons. The number of ether oxygens (including phenoxy) is 1. The second-order valence-corrected chi connectivity index (χ2v) is 4.25. The van der Waals surface area contributed by atoms with Crippen molar-refractivity contribution in [1.29, 1.82) is 0 Å². The first-order valence-corrected chi connectivity index (χ1v) is 5.69. The molecule has 0 aliphatic carbocycles. The molecule has 0 heterocycles. The van der Waals surface area contributed by atoms with Crippen LogP contribution in [0.4, 0.5) is 4.39 Å². The number of hydrogen-bond donors (Lipinski definition) is 0. The van der Waals surface area contributed by atoms with Crippen molar-refractivity contribution in [1.82, 2.24) is 0 Å². The Hall–Kier alpha value is -1.77. The van der Waals surface area contributed by atoms with E-state index in [1.54, 1.807) is 12.1 Å². The van der Waals surface area contributed by atoms with Gasteiger partial charge in [0, 0.05) is 6.07 Å². The average molecular weight is 228 g/mol. The first-order valence-electron chi connectivity index (χ1n) is 5.69. The van der Waals surface area contributed by atoms with E-state index in [0.29, 0.717) is 17.0 Å². The molecule has 0 aliphatic heterocycles. The molecule has 0 N–H and O–H groups in total. The molecule has 0 aliphatic rings. The third-order valence-electron chi connectivity index (χ3n) is 2.57. The fourth-order valence-corrected chi connectivity index (χ4v) is 1.66. The standard InChI is InChI=1S/C14H14BFO/c1-15(2)13-9-8-12(10-14(13)16)17-11-6-4-3-5-7-11/h3-10H,1-2H3. The maximum absolute atomic E-state index is 13.7. The zero-order valence-corrected chi connectivity index (χ0v) is 9.98. The molecule has 3 heteroatoms. The van der Waals surface area contributed by atoms with E-state index in [-0.39, 0.29) is 12.5 Å². The van der Waals surface area contributed by atoms with Gasteiger partial charge in [-0.15, -0.1) is 0 Å². The van der Waals surface area contributed by atoms with Crippen molar-refractivity contribution >= 4 is 12.2 Å². The average Bonchev–Trinajstić information content (AvgIpc) is 2.30. The van der Waals surface area contributed by atoms with Crippen LogP contribution in [0.25, 0.3) is 0 Å². The summed E-state index contributed by atoms with van der Waals surface area (Å²) >= 11 is 0.